The van der Waals surface area contributed by atoms with E-state index in [9.17, 15) is 4.79 Å². The van der Waals surface area contributed by atoms with Gasteiger partial charge in [-0.3, -0.25) is 4.79 Å². The van der Waals surface area contributed by atoms with Crippen LogP contribution in [0, 0.1) is 0 Å². The zero-order chi connectivity index (χ0) is 19.9. The van der Waals surface area contributed by atoms with E-state index < -0.39 is 0 Å². The number of hydrogen-bond acceptors (Lipinski definition) is 4. The number of hydrogen-bond donors (Lipinski definition) is 1. The molecule has 0 spiro atoms. The Morgan fingerprint density at radius 3 is 2.46 bits per heavy atom. The minimum atomic E-state index is -0.211. The van der Waals surface area contributed by atoms with Crippen LogP contribution in [0.3, 0.4) is 0 Å². The van der Waals surface area contributed by atoms with Crippen LogP contribution in [0.1, 0.15) is 15.9 Å². The standard InChI is InChI=1S/C22H20BrNO4/c1-26-17-6-5-7-18(13-17)28-14-16-12-15(10-11-21(16)27-2)22(25)24-20-9-4-3-8-19(20)23/h3-13H,14H2,1-2H3,(H,24,25). The van der Waals surface area contributed by atoms with E-state index in [1.807, 2.05) is 42.5 Å². The van der Waals surface area contributed by atoms with Gasteiger partial charge < -0.3 is 19.5 Å². The molecule has 0 aliphatic heterocycles. The Morgan fingerprint density at radius 2 is 1.71 bits per heavy atom. The van der Waals surface area contributed by atoms with Crippen LogP contribution < -0.4 is 19.5 Å². The van der Waals surface area contributed by atoms with E-state index in [0.717, 1.165) is 10.0 Å². The summed E-state index contributed by atoms with van der Waals surface area (Å²) < 4.78 is 17.3. The van der Waals surface area contributed by atoms with Gasteiger partial charge in [0.15, 0.2) is 0 Å². The molecular weight excluding hydrogens is 422 g/mol. The first-order valence-electron chi connectivity index (χ1n) is 8.60. The molecule has 0 saturated heterocycles. The molecule has 0 heterocycles. The number of carbonyl (C=O) groups is 1. The monoisotopic (exact) mass is 441 g/mol. The summed E-state index contributed by atoms with van der Waals surface area (Å²) in [7, 11) is 3.19. The number of amides is 1. The van der Waals surface area contributed by atoms with Crippen molar-refractivity contribution in [3.63, 3.8) is 0 Å². The van der Waals surface area contributed by atoms with Gasteiger partial charge in [-0.05, 0) is 58.4 Å². The number of para-hydroxylation sites is 1. The molecule has 3 aromatic rings. The van der Waals surface area contributed by atoms with Crippen molar-refractivity contribution in [1.29, 1.82) is 0 Å². The fourth-order valence-electron chi connectivity index (χ4n) is 2.64. The molecule has 0 saturated carbocycles. The number of anilines is 1. The van der Waals surface area contributed by atoms with E-state index in [1.165, 1.54) is 0 Å². The Balaban J connectivity index is 1.77. The van der Waals surface area contributed by atoms with Gasteiger partial charge in [0.2, 0.25) is 0 Å². The second kappa shape index (κ2) is 9.28. The predicted octanol–water partition coefficient (Wildman–Crippen LogP) is 5.30. The Labute approximate surface area is 172 Å². The predicted molar refractivity (Wildman–Crippen MR) is 112 cm³/mol. The van der Waals surface area contributed by atoms with Crippen molar-refractivity contribution >= 4 is 27.5 Å². The summed E-state index contributed by atoms with van der Waals surface area (Å²) in [6.07, 6.45) is 0. The lowest BCUT2D eigenvalue weighted by molar-refractivity contribution is 0.102. The van der Waals surface area contributed by atoms with Gasteiger partial charge in [-0.2, -0.15) is 0 Å². The van der Waals surface area contributed by atoms with Crippen LogP contribution in [-0.2, 0) is 6.61 Å². The van der Waals surface area contributed by atoms with Gasteiger partial charge in [-0.1, -0.05) is 18.2 Å². The molecule has 0 aromatic heterocycles. The first-order valence-corrected chi connectivity index (χ1v) is 9.39. The van der Waals surface area contributed by atoms with Crippen molar-refractivity contribution in [3.8, 4) is 17.2 Å². The number of rotatable bonds is 7. The first-order chi connectivity index (χ1) is 13.6. The van der Waals surface area contributed by atoms with Gasteiger partial charge in [0, 0.05) is 21.7 Å². The molecule has 0 unspecified atom stereocenters. The number of nitrogens with one attached hydrogen (secondary N) is 1. The third kappa shape index (κ3) is 4.84. The summed E-state index contributed by atoms with van der Waals surface area (Å²) in [5, 5.41) is 2.90. The SMILES string of the molecule is COc1cccc(OCc2cc(C(=O)Nc3ccccc3Br)ccc2OC)c1. The first kappa shape index (κ1) is 19.8. The van der Waals surface area contributed by atoms with Crippen LogP contribution in [-0.4, -0.2) is 20.1 Å². The maximum atomic E-state index is 12.6. The zero-order valence-corrected chi connectivity index (χ0v) is 17.2. The lowest BCUT2D eigenvalue weighted by Gasteiger charge is -2.13. The molecule has 0 fully saturated rings. The highest BCUT2D eigenvalue weighted by atomic mass is 79.9. The summed E-state index contributed by atoms with van der Waals surface area (Å²) >= 11 is 3.43. The quantitative estimate of drug-likeness (QED) is 0.540. The van der Waals surface area contributed by atoms with Gasteiger partial charge >= 0.3 is 0 Å². The van der Waals surface area contributed by atoms with E-state index in [-0.39, 0.29) is 12.5 Å². The molecule has 5 nitrogen and oxygen atoms in total. The van der Waals surface area contributed by atoms with Gasteiger partial charge in [0.25, 0.3) is 5.91 Å². The molecule has 1 amide bonds. The Morgan fingerprint density at radius 1 is 0.929 bits per heavy atom. The second-order valence-corrected chi connectivity index (χ2v) is 6.78. The zero-order valence-electron chi connectivity index (χ0n) is 15.6. The lowest BCUT2D eigenvalue weighted by atomic mass is 10.1. The Kier molecular flexibility index (Phi) is 6.55. The van der Waals surface area contributed by atoms with Crippen molar-refractivity contribution in [2.45, 2.75) is 6.61 Å². The van der Waals surface area contributed by atoms with Crippen LogP contribution in [0.2, 0.25) is 0 Å². The Bertz CT molecular complexity index is 974. The van der Waals surface area contributed by atoms with Gasteiger partial charge in [-0.25, -0.2) is 0 Å². The number of carbonyl (C=O) groups excluding carboxylic acids is 1. The summed E-state index contributed by atoms with van der Waals surface area (Å²) in [4.78, 5) is 12.6. The lowest BCUT2D eigenvalue weighted by Crippen LogP contribution is -2.13. The maximum Gasteiger partial charge on any atom is 0.255 e. The van der Waals surface area contributed by atoms with E-state index in [1.54, 1.807) is 38.5 Å². The van der Waals surface area contributed by atoms with E-state index in [4.69, 9.17) is 14.2 Å². The molecule has 1 N–H and O–H groups in total. The second-order valence-electron chi connectivity index (χ2n) is 5.93. The summed E-state index contributed by atoms with van der Waals surface area (Å²) in [5.41, 5.74) is 1.99. The Hall–Kier alpha value is -2.99. The fourth-order valence-corrected chi connectivity index (χ4v) is 3.03. The molecule has 28 heavy (non-hydrogen) atoms. The van der Waals surface area contributed by atoms with Crippen molar-refractivity contribution in [1.82, 2.24) is 0 Å². The van der Waals surface area contributed by atoms with Crippen molar-refractivity contribution in [3.05, 3.63) is 82.3 Å². The van der Waals surface area contributed by atoms with Gasteiger partial charge in [0.05, 0.1) is 19.9 Å². The molecule has 6 heteroatoms. The van der Waals surface area contributed by atoms with Crippen LogP contribution in [0.25, 0.3) is 0 Å². The average Bonchev–Trinajstić information content (AvgIpc) is 2.73. The van der Waals surface area contributed by atoms with Gasteiger partial charge in [0.1, 0.15) is 23.9 Å². The van der Waals surface area contributed by atoms with Crippen molar-refractivity contribution < 1.29 is 19.0 Å². The normalized spacial score (nSPS) is 10.2. The van der Waals surface area contributed by atoms with Crippen molar-refractivity contribution in [2.75, 3.05) is 19.5 Å². The van der Waals surface area contributed by atoms with Crippen LogP contribution in [0.5, 0.6) is 17.2 Å². The minimum Gasteiger partial charge on any atom is -0.497 e. The van der Waals surface area contributed by atoms with Crippen LogP contribution in [0.15, 0.2) is 71.2 Å². The van der Waals surface area contributed by atoms with E-state index in [0.29, 0.717) is 28.5 Å². The highest BCUT2D eigenvalue weighted by Gasteiger charge is 2.12. The minimum absolute atomic E-state index is 0.211. The van der Waals surface area contributed by atoms with Crippen LogP contribution in [0.4, 0.5) is 5.69 Å². The molecule has 0 bridgehead atoms. The van der Waals surface area contributed by atoms with Gasteiger partial charge in [-0.15, -0.1) is 0 Å². The molecule has 144 valence electrons. The molecular formula is C22H20BrNO4. The summed E-state index contributed by atoms with van der Waals surface area (Å²) in [5.74, 6) is 1.83. The smallest absolute Gasteiger partial charge is 0.255 e. The molecule has 0 radical (unpaired) electrons. The molecule has 3 aromatic carbocycles. The van der Waals surface area contributed by atoms with E-state index in [2.05, 4.69) is 21.2 Å². The largest absolute Gasteiger partial charge is 0.497 e. The van der Waals surface area contributed by atoms with Crippen LogP contribution >= 0.6 is 15.9 Å². The highest BCUT2D eigenvalue weighted by Crippen LogP contribution is 2.26. The number of ether oxygens (including phenoxy) is 3. The number of halogens is 1. The summed E-state index contributed by atoms with van der Waals surface area (Å²) in [6.45, 7) is 0.256. The number of benzene rings is 3. The third-order valence-electron chi connectivity index (χ3n) is 4.10. The maximum absolute atomic E-state index is 12.6. The summed E-state index contributed by atoms with van der Waals surface area (Å²) in [6, 6.07) is 20.1. The molecule has 0 atom stereocenters. The van der Waals surface area contributed by atoms with E-state index >= 15 is 0 Å². The number of methoxy groups -OCH3 is 2. The fraction of sp³-hybridized carbons (Fsp3) is 0.136. The topological polar surface area (TPSA) is 56.8 Å². The average molecular weight is 442 g/mol. The third-order valence-corrected chi connectivity index (χ3v) is 4.79. The van der Waals surface area contributed by atoms with Crippen molar-refractivity contribution in [2.24, 2.45) is 0 Å². The molecule has 0 aliphatic carbocycles. The highest BCUT2D eigenvalue weighted by molar-refractivity contribution is 9.10. The molecule has 0 aliphatic rings. The molecule has 3 rings (SSSR count).